The fourth-order valence-corrected chi connectivity index (χ4v) is 2.89. The second kappa shape index (κ2) is 7.48. The Morgan fingerprint density at radius 3 is 2.75 bits per heavy atom. The van der Waals surface area contributed by atoms with Crippen molar-refractivity contribution < 1.29 is 9.84 Å². The third-order valence-electron chi connectivity index (χ3n) is 4.39. The number of aliphatic hydroxyl groups is 1. The molecule has 0 radical (unpaired) electrons. The van der Waals surface area contributed by atoms with Gasteiger partial charge in [0.25, 0.3) is 5.56 Å². The van der Waals surface area contributed by atoms with Crippen molar-refractivity contribution in [1.29, 1.82) is 0 Å². The lowest BCUT2D eigenvalue weighted by atomic mass is 10.2. The lowest BCUT2D eigenvalue weighted by Gasteiger charge is -2.08. The maximum atomic E-state index is 12.8. The molecule has 0 aliphatic heterocycles. The van der Waals surface area contributed by atoms with E-state index < -0.39 is 11.2 Å². The van der Waals surface area contributed by atoms with Crippen LogP contribution in [0.4, 0.5) is 0 Å². The maximum absolute atomic E-state index is 12.8. The smallest absolute Gasteiger partial charge is 0.333 e. The Balaban J connectivity index is 2.16. The van der Waals surface area contributed by atoms with Crippen molar-refractivity contribution in [2.75, 3.05) is 6.61 Å². The Bertz CT molecular complexity index is 1240. The Morgan fingerprint density at radius 2 is 2.07 bits per heavy atom. The van der Waals surface area contributed by atoms with Gasteiger partial charge in [-0.1, -0.05) is 18.1 Å². The molecule has 3 rings (SSSR count). The number of ether oxygens (including phenoxy) is 1. The van der Waals surface area contributed by atoms with Gasteiger partial charge >= 0.3 is 5.69 Å². The van der Waals surface area contributed by atoms with Crippen LogP contribution in [0.1, 0.15) is 6.92 Å². The summed E-state index contributed by atoms with van der Waals surface area (Å²) in [5.74, 6) is 3.43. The van der Waals surface area contributed by atoms with Crippen LogP contribution in [0.5, 0.6) is 5.75 Å². The highest BCUT2D eigenvalue weighted by molar-refractivity contribution is 5.77. The van der Waals surface area contributed by atoms with Crippen molar-refractivity contribution in [3.05, 3.63) is 56.9 Å². The van der Waals surface area contributed by atoms with Crippen LogP contribution in [0.2, 0.25) is 0 Å². The van der Waals surface area contributed by atoms with Gasteiger partial charge in [0.05, 0.1) is 12.8 Å². The molecule has 2 aromatic heterocycles. The predicted molar refractivity (Wildman–Crippen MR) is 106 cm³/mol. The minimum Gasteiger partial charge on any atom is -0.516 e. The van der Waals surface area contributed by atoms with E-state index in [0.29, 0.717) is 17.1 Å². The molecule has 0 amide bonds. The van der Waals surface area contributed by atoms with E-state index in [0.717, 1.165) is 16.4 Å². The zero-order valence-corrected chi connectivity index (χ0v) is 15.8. The SMILES string of the molecule is C#CCn1c(=O)c2c(nc(-c3cccc(OC/C(C)=C/O)c3)n2C)n(C)c1=O. The van der Waals surface area contributed by atoms with Crippen LogP contribution in [0, 0.1) is 12.3 Å². The minimum atomic E-state index is -0.511. The van der Waals surface area contributed by atoms with Gasteiger partial charge in [0.1, 0.15) is 18.2 Å². The molecule has 8 nitrogen and oxygen atoms in total. The number of fused-ring (bicyclic) bond motifs is 1. The number of hydrogen-bond donors (Lipinski definition) is 1. The largest absolute Gasteiger partial charge is 0.516 e. The van der Waals surface area contributed by atoms with Gasteiger partial charge in [-0.25, -0.2) is 14.3 Å². The topological polar surface area (TPSA) is 91.3 Å². The number of terminal acetylenes is 1. The highest BCUT2D eigenvalue weighted by Gasteiger charge is 2.19. The van der Waals surface area contributed by atoms with E-state index in [-0.39, 0.29) is 24.3 Å². The fraction of sp³-hybridized carbons (Fsp3) is 0.250. The highest BCUT2D eigenvalue weighted by Crippen LogP contribution is 2.25. The van der Waals surface area contributed by atoms with E-state index in [2.05, 4.69) is 10.9 Å². The fourth-order valence-electron chi connectivity index (χ4n) is 2.89. The van der Waals surface area contributed by atoms with Gasteiger partial charge in [0.15, 0.2) is 11.2 Å². The normalized spacial score (nSPS) is 11.6. The zero-order valence-electron chi connectivity index (χ0n) is 15.8. The van der Waals surface area contributed by atoms with Crippen molar-refractivity contribution in [2.45, 2.75) is 13.5 Å². The van der Waals surface area contributed by atoms with E-state index in [1.54, 1.807) is 43.8 Å². The van der Waals surface area contributed by atoms with Gasteiger partial charge in [-0.3, -0.25) is 9.36 Å². The molecule has 0 spiro atoms. The number of imidazole rings is 1. The summed E-state index contributed by atoms with van der Waals surface area (Å²) in [5, 5.41) is 8.97. The van der Waals surface area contributed by atoms with Gasteiger partial charge in [-0.2, -0.15) is 0 Å². The van der Waals surface area contributed by atoms with Crippen LogP contribution in [-0.4, -0.2) is 30.4 Å². The van der Waals surface area contributed by atoms with Crippen LogP contribution < -0.4 is 16.0 Å². The second-order valence-electron chi connectivity index (χ2n) is 6.40. The molecule has 3 aromatic rings. The Hall–Kier alpha value is -3.73. The van der Waals surface area contributed by atoms with Crippen LogP contribution in [-0.2, 0) is 20.6 Å². The number of aromatic nitrogens is 4. The summed E-state index contributed by atoms with van der Waals surface area (Å²) in [5.41, 5.74) is 0.982. The summed E-state index contributed by atoms with van der Waals surface area (Å²) in [4.78, 5) is 29.7. The molecule has 144 valence electrons. The summed E-state index contributed by atoms with van der Waals surface area (Å²) in [6.45, 7) is 1.88. The minimum absolute atomic E-state index is 0.108. The first-order valence-corrected chi connectivity index (χ1v) is 8.51. The first kappa shape index (κ1) is 19.0. The lowest BCUT2D eigenvalue weighted by molar-refractivity contribution is 0.343. The van der Waals surface area contributed by atoms with E-state index in [9.17, 15) is 9.59 Å². The molecule has 0 bridgehead atoms. The molecule has 0 atom stereocenters. The Kier molecular flexibility index (Phi) is 5.09. The molecule has 0 aliphatic rings. The van der Waals surface area contributed by atoms with E-state index in [4.69, 9.17) is 16.3 Å². The Labute approximate surface area is 160 Å². The molecular formula is C20H20N4O4. The molecule has 28 heavy (non-hydrogen) atoms. The second-order valence-corrected chi connectivity index (χ2v) is 6.40. The summed E-state index contributed by atoms with van der Waals surface area (Å²) in [7, 11) is 3.26. The molecule has 1 aromatic carbocycles. The number of rotatable bonds is 5. The predicted octanol–water partition coefficient (Wildman–Crippen LogP) is 1.57. The van der Waals surface area contributed by atoms with Crippen LogP contribution in [0.25, 0.3) is 22.6 Å². The molecule has 0 saturated heterocycles. The zero-order chi connectivity index (χ0) is 20.4. The molecule has 8 heteroatoms. The molecule has 0 aliphatic carbocycles. The molecular weight excluding hydrogens is 360 g/mol. The van der Waals surface area contributed by atoms with Crippen LogP contribution >= 0.6 is 0 Å². The van der Waals surface area contributed by atoms with Crippen molar-refractivity contribution in [2.24, 2.45) is 14.1 Å². The number of benzene rings is 1. The summed E-state index contributed by atoms with van der Waals surface area (Å²) in [6, 6.07) is 7.20. The molecule has 0 saturated carbocycles. The van der Waals surface area contributed by atoms with Crippen LogP contribution in [0.15, 0.2) is 45.7 Å². The summed E-state index contributed by atoms with van der Waals surface area (Å²) >= 11 is 0. The number of hydrogen-bond acceptors (Lipinski definition) is 5. The molecule has 0 fully saturated rings. The van der Waals surface area contributed by atoms with Crippen molar-refractivity contribution in [1.82, 2.24) is 18.7 Å². The third-order valence-corrected chi connectivity index (χ3v) is 4.39. The van der Waals surface area contributed by atoms with Gasteiger partial charge < -0.3 is 14.4 Å². The highest BCUT2D eigenvalue weighted by atomic mass is 16.5. The Morgan fingerprint density at radius 1 is 1.32 bits per heavy atom. The quantitative estimate of drug-likeness (QED) is 0.536. The molecule has 1 N–H and O–H groups in total. The van der Waals surface area contributed by atoms with Crippen LogP contribution in [0.3, 0.4) is 0 Å². The average Bonchev–Trinajstić information content (AvgIpc) is 3.05. The summed E-state index contributed by atoms with van der Waals surface area (Å²) in [6.07, 6.45) is 6.29. The van der Waals surface area contributed by atoms with E-state index in [1.165, 1.54) is 4.57 Å². The number of aliphatic hydroxyl groups excluding tert-OH is 1. The van der Waals surface area contributed by atoms with Crippen molar-refractivity contribution in [3.63, 3.8) is 0 Å². The molecule has 2 heterocycles. The first-order chi connectivity index (χ1) is 13.4. The van der Waals surface area contributed by atoms with Gasteiger partial charge in [0, 0.05) is 19.7 Å². The van der Waals surface area contributed by atoms with Crippen molar-refractivity contribution in [3.8, 4) is 29.5 Å². The lowest BCUT2D eigenvalue weighted by Crippen LogP contribution is -2.39. The van der Waals surface area contributed by atoms with Gasteiger partial charge in [0.2, 0.25) is 0 Å². The van der Waals surface area contributed by atoms with E-state index >= 15 is 0 Å². The third kappa shape index (κ3) is 3.18. The number of nitrogens with zero attached hydrogens (tertiary/aromatic N) is 4. The standard InChI is InChI=1S/C20H20N4O4/c1-5-9-24-19(26)16-18(23(4)20(24)27)21-17(22(16)3)14-7-6-8-15(10-14)28-12-13(2)11-25/h1,6-8,10-11,25H,9,12H2,2-4H3/b13-11+. The number of aryl methyl sites for hydroxylation is 2. The summed E-state index contributed by atoms with van der Waals surface area (Å²) < 4.78 is 9.61. The van der Waals surface area contributed by atoms with Gasteiger partial charge in [-0.05, 0) is 24.6 Å². The van der Waals surface area contributed by atoms with E-state index in [1.807, 2.05) is 6.07 Å². The monoisotopic (exact) mass is 380 g/mol. The first-order valence-electron chi connectivity index (χ1n) is 8.51. The maximum Gasteiger partial charge on any atom is 0.333 e. The average molecular weight is 380 g/mol. The molecule has 0 unspecified atom stereocenters. The van der Waals surface area contributed by atoms with Crippen molar-refractivity contribution >= 4 is 11.2 Å². The van der Waals surface area contributed by atoms with Gasteiger partial charge in [-0.15, -0.1) is 6.42 Å².